The fourth-order valence-corrected chi connectivity index (χ4v) is 3.32. The summed E-state index contributed by atoms with van der Waals surface area (Å²) < 4.78 is 32.7. The van der Waals surface area contributed by atoms with Gasteiger partial charge < -0.3 is 28.1 Å². The fourth-order valence-electron chi connectivity index (χ4n) is 3.32. The Kier molecular flexibility index (Phi) is 8.49. The second kappa shape index (κ2) is 11.5. The molecule has 1 aromatic carbocycles. The molecule has 1 aromatic heterocycles. The minimum Gasteiger partial charge on any atom is -0.478 e. The van der Waals surface area contributed by atoms with Crippen LogP contribution in [0.2, 0.25) is 0 Å². The van der Waals surface area contributed by atoms with Crippen molar-refractivity contribution in [1.82, 2.24) is 0 Å². The number of hydrogen-bond donors (Lipinski definition) is 0. The van der Waals surface area contributed by atoms with E-state index in [1.165, 1.54) is 14.0 Å². The second-order valence-electron chi connectivity index (χ2n) is 7.06. The molecule has 0 radical (unpaired) electrons. The molecule has 31 heavy (non-hydrogen) atoms. The van der Waals surface area contributed by atoms with Crippen LogP contribution in [0.25, 0.3) is 17.0 Å². The quantitative estimate of drug-likeness (QED) is 0.525. The molecule has 3 rings (SSSR count). The van der Waals surface area contributed by atoms with Gasteiger partial charge in [0.25, 0.3) is 0 Å². The number of hydrogen-bond acceptors (Lipinski definition) is 8. The van der Waals surface area contributed by atoms with Crippen LogP contribution in [-0.2, 0) is 35.0 Å². The van der Waals surface area contributed by atoms with Gasteiger partial charge in [0.1, 0.15) is 12.4 Å². The molecule has 1 saturated heterocycles. The van der Waals surface area contributed by atoms with E-state index in [4.69, 9.17) is 23.4 Å². The number of rotatable bonds is 10. The van der Waals surface area contributed by atoms with Gasteiger partial charge in [0.2, 0.25) is 0 Å². The smallest absolute Gasteiger partial charge is 0.343 e. The van der Waals surface area contributed by atoms with Crippen LogP contribution >= 0.6 is 0 Å². The molecule has 168 valence electrons. The van der Waals surface area contributed by atoms with Gasteiger partial charge in [-0.25, -0.2) is 4.79 Å². The van der Waals surface area contributed by atoms with E-state index >= 15 is 0 Å². The zero-order chi connectivity index (χ0) is 22.1. The van der Waals surface area contributed by atoms with Gasteiger partial charge in [-0.2, -0.15) is 0 Å². The minimum atomic E-state index is -0.480. The van der Waals surface area contributed by atoms with E-state index in [0.717, 1.165) is 36.8 Å². The van der Waals surface area contributed by atoms with Crippen LogP contribution in [0.4, 0.5) is 0 Å². The number of fused-ring (bicyclic) bond motifs is 1. The Balaban J connectivity index is 1.79. The first-order chi connectivity index (χ1) is 15.1. The highest BCUT2D eigenvalue weighted by atomic mass is 16.7. The van der Waals surface area contributed by atoms with Crippen molar-refractivity contribution in [2.75, 3.05) is 33.5 Å². The molecule has 0 saturated carbocycles. The van der Waals surface area contributed by atoms with Crippen molar-refractivity contribution in [3.63, 3.8) is 0 Å². The molecule has 1 aliphatic rings. The molecule has 2 heterocycles. The number of para-hydroxylation sites is 1. The Labute approximate surface area is 181 Å². The molecule has 1 aliphatic heterocycles. The number of ether oxygens (including phenoxy) is 5. The number of esters is 2. The van der Waals surface area contributed by atoms with E-state index in [2.05, 4.69) is 4.74 Å². The summed E-state index contributed by atoms with van der Waals surface area (Å²) in [4.78, 5) is 22.4. The monoisotopic (exact) mass is 432 g/mol. The van der Waals surface area contributed by atoms with Crippen LogP contribution in [0.3, 0.4) is 0 Å². The molecule has 2 aromatic rings. The highest BCUT2D eigenvalue weighted by molar-refractivity contribution is 5.89. The molecule has 0 bridgehead atoms. The van der Waals surface area contributed by atoms with E-state index in [9.17, 15) is 9.59 Å². The summed E-state index contributed by atoms with van der Waals surface area (Å²) in [5.74, 6) is 0.227. The molecule has 1 unspecified atom stereocenters. The SMILES string of the molecule is COC(=O)COc1cccc2c(CCOC3CCCCO3)c(C=CCOC(C)=O)oc12. The van der Waals surface area contributed by atoms with Crippen LogP contribution in [0.15, 0.2) is 28.7 Å². The third kappa shape index (κ3) is 6.57. The molecule has 8 nitrogen and oxygen atoms in total. The zero-order valence-corrected chi connectivity index (χ0v) is 17.9. The van der Waals surface area contributed by atoms with Gasteiger partial charge in [0.05, 0.1) is 13.7 Å². The van der Waals surface area contributed by atoms with Gasteiger partial charge in [-0.05, 0) is 37.5 Å². The summed E-state index contributed by atoms with van der Waals surface area (Å²) in [6, 6.07) is 5.50. The van der Waals surface area contributed by atoms with Gasteiger partial charge in [0, 0.05) is 30.9 Å². The third-order valence-corrected chi connectivity index (χ3v) is 4.83. The largest absolute Gasteiger partial charge is 0.478 e. The predicted octanol–water partition coefficient (Wildman–Crippen LogP) is 3.65. The molecular weight excluding hydrogens is 404 g/mol. The Bertz CT molecular complexity index is 908. The molecule has 0 aliphatic carbocycles. The van der Waals surface area contributed by atoms with Gasteiger partial charge >= 0.3 is 11.9 Å². The summed E-state index contributed by atoms with van der Waals surface area (Å²) in [6.07, 6.45) is 6.96. The number of furan rings is 1. The van der Waals surface area contributed by atoms with Crippen molar-refractivity contribution >= 4 is 29.0 Å². The van der Waals surface area contributed by atoms with Crippen molar-refractivity contribution in [3.05, 3.63) is 35.6 Å². The van der Waals surface area contributed by atoms with Gasteiger partial charge in [0.15, 0.2) is 24.2 Å². The Morgan fingerprint density at radius 1 is 1.26 bits per heavy atom. The van der Waals surface area contributed by atoms with E-state index in [0.29, 0.717) is 30.1 Å². The van der Waals surface area contributed by atoms with Crippen molar-refractivity contribution < 1.29 is 37.7 Å². The molecule has 1 fully saturated rings. The first-order valence-corrected chi connectivity index (χ1v) is 10.4. The number of carbonyl (C=O) groups excluding carboxylic acids is 2. The van der Waals surface area contributed by atoms with E-state index < -0.39 is 5.97 Å². The lowest BCUT2D eigenvalue weighted by Gasteiger charge is -2.22. The van der Waals surface area contributed by atoms with E-state index in [1.54, 1.807) is 18.2 Å². The molecular formula is C23H28O8. The summed E-state index contributed by atoms with van der Waals surface area (Å²) >= 11 is 0. The first kappa shape index (κ1) is 22.8. The van der Waals surface area contributed by atoms with Crippen molar-refractivity contribution in [2.24, 2.45) is 0 Å². The Morgan fingerprint density at radius 2 is 2.13 bits per heavy atom. The number of carbonyl (C=O) groups is 2. The fraction of sp³-hybridized carbons (Fsp3) is 0.478. The average molecular weight is 432 g/mol. The van der Waals surface area contributed by atoms with Crippen LogP contribution in [0.5, 0.6) is 5.75 Å². The maximum Gasteiger partial charge on any atom is 0.343 e. The lowest BCUT2D eigenvalue weighted by Crippen LogP contribution is -2.23. The first-order valence-electron chi connectivity index (χ1n) is 10.4. The Hall–Kier alpha value is -2.84. The molecule has 0 spiro atoms. The van der Waals surface area contributed by atoms with Gasteiger partial charge in [-0.1, -0.05) is 12.1 Å². The van der Waals surface area contributed by atoms with Crippen LogP contribution in [0.1, 0.15) is 37.5 Å². The van der Waals surface area contributed by atoms with E-state index in [1.807, 2.05) is 12.1 Å². The number of methoxy groups -OCH3 is 1. The highest BCUT2D eigenvalue weighted by Crippen LogP contribution is 2.34. The summed E-state index contributed by atoms with van der Waals surface area (Å²) in [6.45, 7) is 2.48. The molecule has 1 atom stereocenters. The summed E-state index contributed by atoms with van der Waals surface area (Å²) in [5, 5.41) is 0.864. The number of benzene rings is 1. The van der Waals surface area contributed by atoms with Crippen LogP contribution in [-0.4, -0.2) is 51.8 Å². The lowest BCUT2D eigenvalue weighted by atomic mass is 10.1. The zero-order valence-electron chi connectivity index (χ0n) is 17.9. The molecule has 0 N–H and O–H groups in total. The standard InChI is InChI=1S/C23H28O8/c1-16(24)27-13-6-9-19-17(11-14-29-22-10-3-4-12-28-22)18-7-5-8-20(23(18)31-19)30-15-21(25)26-2/h5-9,22H,3-4,10-15H2,1-2H3. The molecule has 0 amide bonds. The average Bonchev–Trinajstić information content (AvgIpc) is 3.13. The normalized spacial score (nSPS) is 16.5. The lowest BCUT2D eigenvalue weighted by molar-refractivity contribution is -0.161. The highest BCUT2D eigenvalue weighted by Gasteiger charge is 2.18. The third-order valence-electron chi connectivity index (χ3n) is 4.83. The predicted molar refractivity (Wildman–Crippen MR) is 113 cm³/mol. The Morgan fingerprint density at radius 3 is 2.87 bits per heavy atom. The van der Waals surface area contributed by atoms with Crippen LogP contribution in [0, 0.1) is 0 Å². The summed E-state index contributed by atoms with van der Waals surface area (Å²) in [7, 11) is 1.30. The van der Waals surface area contributed by atoms with Gasteiger partial charge in [-0.3, -0.25) is 4.79 Å². The maximum atomic E-state index is 11.5. The second-order valence-corrected chi connectivity index (χ2v) is 7.06. The van der Waals surface area contributed by atoms with Crippen molar-refractivity contribution in [2.45, 2.75) is 38.9 Å². The summed E-state index contributed by atoms with van der Waals surface area (Å²) in [5.41, 5.74) is 1.47. The minimum absolute atomic E-state index is 0.143. The van der Waals surface area contributed by atoms with Gasteiger partial charge in [-0.15, -0.1) is 0 Å². The van der Waals surface area contributed by atoms with Crippen LogP contribution < -0.4 is 4.74 Å². The van der Waals surface area contributed by atoms with Crippen molar-refractivity contribution in [3.8, 4) is 5.75 Å². The van der Waals surface area contributed by atoms with E-state index in [-0.39, 0.29) is 25.5 Å². The maximum absolute atomic E-state index is 11.5. The topological polar surface area (TPSA) is 93.4 Å². The van der Waals surface area contributed by atoms with Crippen molar-refractivity contribution in [1.29, 1.82) is 0 Å². The molecule has 8 heteroatoms.